The Kier molecular flexibility index (Phi) is 6.15. The van der Waals surface area contributed by atoms with E-state index in [2.05, 4.69) is 10.6 Å². The molecule has 3 N–H and O–H groups in total. The SMILES string of the molecule is CC1C=C(F)C=CC1[C@@H](C)NC(=O)Nc1c(Cl)cc2c(c1Cl)CCC2(O)C(F)(F)F. The van der Waals surface area contributed by atoms with Gasteiger partial charge in [-0.2, -0.15) is 13.2 Å². The minimum atomic E-state index is -4.88. The van der Waals surface area contributed by atoms with Crippen LogP contribution in [0.15, 0.2) is 30.1 Å². The van der Waals surface area contributed by atoms with Gasteiger partial charge in [0.2, 0.25) is 0 Å². The second-order valence-electron chi connectivity index (χ2n) is 7.67. The summed E-state index contributed by atoms with van der Waals surface area (Å²) in [6.07, 6.45) is -1.13. The van der Waals surface area contributed by atoms with Crippen LogP contribution in [0.1, 0.15) is 31.4 Å². The van der Waals surface area contributed by atoms with E-state index in [9.17, 15) is 27.5 Å². The Balaban J connectivity index is 1.78. The van der Waals surface area contributed by atoms with Crippen molar-refractivity contribution in [1.82, 2.24) is 5.32 Å². The lowest BCUT2D eigenvalue weighted by atomic mass is 9.84. The van der Waals surface area contributed by atoms with Crippen LogP contribution in [0.5, 0.6) is 0 Å². The predicted octanol–water partition coefficient (Wildman–Crippen LogP) is 5.88. The topological polar surface area (TPSA) is 61.4 Å². The number of carbonyl (C=O) groups is 1. The van der Waals surface area contributed by atoms with Crippen LogP contribution in [0.3, 0.4) is 0 Å². The molecule has 3 rings (SSSR count). The molecule has 0 radical (unpaired) electrons. The van der Waals surface area contributed by atoms with Gasteiger partial charge in [-0.3, -0.25) is 0 Å². The molecule has 4 atom stereocenters. The van der Waals surface area contributed by atoms with Crippen LogP contribution >= 0.6 is 23.2 Å². The number of urea groups is 1. The van der Waals surface area contributed by atoms with Gasteiger partial charge < -0.3 is 15.7 Å². The number of anilines is 1. The van der Waals surface area contributed by atoms with Gasteiger partial charge in [0, 0.05) is 12.0 Å². The molecule has 0 heterocycles. The second kappa shape index (κ2) is 8.05. The number of halogens is 6. The summed E-state index contributed by atoms with van der Waals surface area (Å²) in [6.45, 7) is 3.57. The zero-order valence-electron chi connectivity index (χ0n) is 16.1. The first-order valence-electron chi connectivity index (χ1n) is 9.28. The monoisotopic (exact) mass is 466 g/mol. The first kappa shape index (κ1) is 22.9. The van der Waals surface area contributed by atoms with Crippen molar-refractivity contribution in [3.63, 3.8) is 0 Å². The molecule has 2 amide bonds. The lowest BCUT2D eigenvalue weighted by Crippen LogP contribution is -2.42. The first-order valence-corrected chi connectivity index (χ1v) is 10.0. The van der Waals surface area contributed by atoms with Crippen LogP contribution in [0.4, 0.5) is 28.0 Å². The van der Waals surface area contributed by atoms with Gasteiger partial charge in [0.1, 0.15) is 5.83 Å². The number of rotatable bonds is 3. The maximum absolute atomic E-state index is 13.3. The third kappa shape index (κ3) is 4.05. The molecule has 0 bridgehead atoms. The van der Waals surface area contributed by atoms with Crippen molar-refractivity contribution >= 4 is 34.9 Å². The minimum absolute atomic E-state index is 0.0358. The maximum atomic E-state index is 13.3. The smallest absolute Gasteiger partial charge is 0.376 e. The van der Waals surface area contributed by atoms with Gasteiger partial charge in [0.05, 0.1) is 15.7 Å². The van der Waals surface area contributed by atoms with Gasteiger partial charge in [-0.15, -0.1) is 0 Å². The minimum Gasteiger partial charge on any atom is -0.376 e. The van der Waals surface area contributed by atoms with E-state index >= 15 is 0 Å². The summed E-state index contributed by atoms with van der Waals surface area (Å²) in [5, 5.41) is 14.9. The fourth-order valence-corrected chi connectivity index (χ4v) is 4.64. The molecule has 1 aromatic rings. The van der Waals surface area contributed by atoms with Crippen LogP contribution in [-0.4, -0.2) is 23.4 Å². The van der Waals surface area contributed by atoms with E-state index in [1.807, 2.05) is 6.92 Å². The van der Waals surface area contributed by atoms with E-state index < -0.39 is 29.8 Å². The number of hydrogen-bond acceptors (Lipinski definition) is 2. The summed E-state index contributed by atoms with van der Waals surface area (Å²) in [5.41, 5.74) is -3.38. The molecule has 0 aliphatic heterocycles. The summed E-state index contributed by atoms with van der Waals surface area (Å²) in [6, 6.07) is -0.0456. The fraction of sp³-hybridized carbons (Fsp3) is 0.450. The predicted molar refractivity (Wildman–Crippen MR) is 107 cm³/mol. The van der Waals surface area contributed by atoms with Crippen molar-refractivity contribution in [1.29, 1.82) is 0 Å². The summed E-state index contributed by atoms with van der Waals surface area (Å²) in [4.78, 5) is 12.4. The molecule has 0 fully saturated rings. The normalized spacial score (nSPS) is 26.8. The van der Waals surface area contributed by atoms with Crippen molar-refractivity contribution in [3.05, 3.63) is 51.3 Å². The van der Waals surface area contributed by atoms with E-state index in [1.54, 1.807) is 13.0 Å². The number of benzene rings is 1. The number of aliphatic hydroxyl groups is 1. The number of fused-ring (bicyclic) bond motifs is 1. The molecule has 2 aliphatic carbocycles. The van der Waals surface area contributed by atoms with Crippen LogP contribution in [0, 0.1) is 11.8 Å². The first-order chi connectivity index (χ1) is 13.8. The van der Waals surface area contributed by atoms with E-state index in [1.165, 1.54) is 12.2 Å². The highest BCUT2D eigenvalue weighted by Gasteiger charge is 2.58. The highest BCUT2D eigenvalue weighted by atomic mass is 35.5. The average Bonchev–Trinajstić information content (AvgIpc) is 2.96. The summed E-state index contributed by atoms with van der Waals surface area (Å²) < 4.78 is 53.3. The molecule has 30 heavy (non-hydrogen) atoms. The van der Waals surface area contributed by atoms with E-state index in [-0.39, 0.29) is 51.4 Å². The summed E-state index contributed by atoms with van der Waals surface area (Å²) in [5.74, 6) is -0.633. The Bertz CT molecular complexity index is 932. The van der Waals surface area contributed by atoms with Crippen LogP contribution in [-0.2, 0) is 12.0 Å². The molecule has 164 valence electrons. The number of nitrogens with one attached hydrogen (secondary N) is 2. The number of allylic oxidation sites excluding steroid dienone is 3. The lowest BCUT2D eigenvalue weighted by Gasteiger charge is -2.28. The molecule has 10 heteroatoms. The van der Waals surface area contributed by atoms with Gasteiger partial charge in [-0.25, -0.2) is 9.18 Å². The average molecular weight is 467 g/mol. The quantitative estimate of drug-likeness (QED) is 0.487. The van der Waals surface area contributed by atoms with E-state index in [4.69, 9.17) is 23.2 Å². The van der Waals surface area contributed by atoms with E-state index in [0.717, 1.165) is 6.07 Å². The van der Waals surface area contributed by atoms with Crippen LogP contribution < -0.4 is 10.6 Å². The van der Waals surface area contributed by atoms with Crippen LogP contribution in [0.25, 0.3) is 0 Å². The molecule has 0 saturated carbocycles. The third-order valence-electron chi connectivity index (χ3n) is 5.65. The lowest BCUT2D eigenvalue weighted by molar-refractivity contribution is -0.265. The molecule has 1 aromatic carbocycles. The van der Waals surface area contributed by atoms with Gasteiger partial charge in [0.25, 0.3) is 0 Å². The molecular weight excluding hydrogens is 447 g/mol. The number of amides is 2. The summed E-state index contributed by atoms with van der Waals surface area (Å²) >= 11 is 12.3. The zero-order valence-corrected chi connectivity index (χ0v) is 17.6. The largest absolute Gasteiger partial charge is 0.421 e. The highest BCUT2D eigenvalue weighted by molar-refractivity contribution is 6.40. The van der Waals surface area contributed by atoms with Crippen LogP contribution in [0.2, 0.25) is 10.0 Å². The maximum Gasteiger partial charge on any atom is 0.421 e. The standard InChI is InChI=1S/C20H20Cl2F4N2O2/c1-9-7-11(23)3-4-12(9)10(2)27-18(29)28-17-15(21)8-14-13(16(17)22)5-6-19(14,30)20(24,25)26/h3-4,7-10,12,30H,5-6H2,1-2H3,(H2,27,28,29)/t9?,10-,12?,19?/m1/s1. The number of alkyl halides is 3. The Morgan fingerprint density at radius 1 is 1.37 bits per heavy atom. The van der Waals surface area contributed by atoms with Crippen molar-refractivity contribution in [2.75, 3.05) is 5.32 Å². The van der Waals surface area contributed by atoms with Crippen molar-refractivity contribution in [2.45, 2.75) is 44.5 Å². The Morgan fingerprint density at radius 3 is 2.63 bits per heavy atom. The Morgan fingerprint density at radius 2 is 2.03 bits per heavy atom. The van der Waals surface area contributed by atoms with Gasteiger partial charge >= 0.3 is 12.2 Å². The van der Waals surface area contributed by atoms with E-state index in [0.29, 0.717) is 0 Å². The number of hydrogen-bond donors (Lipinski definition) is 3. The van der Waals surface area contributed by atoms with Crippen molar-refractivity contribution in [3.8, 4) is 0 Å². The van der Waals surface area contributed by atoms with Crippen molar-refractivity contribution in [2.24, 2.45) is 11.8 Å². The van der Waals surface area contributed by atoms with Gasteiger partial charge in [-0.05, 0) is 55.0 Å². The fourth-order valence-electron chi connectivity index (χ4n) is 3.99. The molecule has 0 spiro atoms. The third-order valence-corrected chi connectivity index (χ3v) is 6.37. The molecule has 3 unspecified atom stereocenters. The van der Waals surface area contributed by atoms with Crippen molar-refractivity contribution < 1.29 is 27.5 Å². The Hall–Kier alpha value is -1.77. The second-order valence-corrected chi connectivity index (χ2v) is 8.45. The summed E-state index contributed by atoms with van der Waals surface area (Å²) in [7, 11) is 0. The highest BCUT2D eigenvalue weighted by Crippen LogP contribution is 2.52. The molecular formula is C20H20Cl2F4N2O2. The molecule has 2 aliphatic rings. The van der Waals surface area contributed by atoms with Gasteiger partial charge in [-0.1, -0.05) is 36.2 Å². The zero-order chi connectivity index (χ0) is 22.4. The van der Waals surface area contributed by atoms with Gasteiger partial charge in [0.15, 0.2) is 5.60 Å². The number of carbonyl (C=O) groups excluding carboxylic acids is 1. The molecule has 0 aromatic heterocycles. The molecule has 4 nitrogen and oxygen atoms in total. The Labute approximate surface area is 180 Å². The molecule has 0 saturated heterocycles.